The van der Waals surface area contributed by atoms with Crippen LogP contribution >= 0.6 is 11.6 Å². The number of carbonyl (C=O) groups is 2. The predicted molar refractivity (Wildman–Crippen MR) is 120 cm³/mol. The SMILES string of the molecule is O=C(Nc1cccc(Cl)c1)C(C1CCCC1)N1CCN(C(=O)c2ccccc2F)CC1. The number of hydrogen-bond donors (Lipinski definition) is 1. The Bertz CT molecular complexity index is 940. The predicted octanol–water partition coefficient (Wildman–Crippen LogP) is 4.43. The largest absolute Gasteiger partial charge is 0.336 e. The van der Waals surface area contributed by atoms with Gasteiger partial charge < -0.3 is 10.2 Å². The molecule has 0 spiro atoms. The summed E-state index contributed by atoms with van der Waals surface area (Å²) in [6.45, 7) is 2.12. The Kier molecular flexibility index (Phi) is 6.88. The van der Waals surface area contributed by atoms with E-state index in [9.17, 15) is 14.0 Å². The van der Waals surface area contributed by atoms with Gasteiger partial charge in [0.25, 0.3) is 5.91 Å². The molecule has 2 fully saturated rings. The minimum Gasteiger partial charge on any atom is -0.336 e. The minimum atomic E-state index is -0.500. The van der Waals surface area contributed by atoms with Crippen molar-refractivity contribution in [2.45, 2.75) is 31.7 Å². The van der Waals surface area contributed by atoms with Crippen LogP contribution in [0.3, 0.4) is 0 Å². The highest BCUT2D eigenvalue weighted by atomic mass is 35.5. The molecule has 2 aromatic carbocycles. The van der Waals surface area contributed by atoms with Crippen molar-refractivity contribution in [3.05, 3.63) is 64.9 Å². The van der Waals surface area contributed by atoms with E-state index in [1.54, 1.807) is 29.2 Å². The number of hydrogen-bond acceptors (Lipinski definition) is 3. The fraction of sp³-hybridized carbons (Fsp3) is 0.417. The number of nitrogens with one attached hydrogen (secondary N) is 1. The number of anilines is 1. The highest BCUT2D eigenvalue weighted by Gasteiger charge is 2.37. The molecule has 1 aliphatic carbocycles. The molecule has 1 aliphatic heterocycles. The smallest absolute Gasteiger partial charge is 0.256 e. The number of rotatable bonds is 5. The maximum atomic E-state index is 14.0. The average Bonchev–Trinajstić information content (AvgIpc) is 3.28. The summed E-state index contributed by atoms with van der Waals surface area (Å²) < 4.78 is 14.0. The lowest BCUT2D eigenvalue weighted by molar-refractivity contribution is -0.123. The van der Waals surface area contributed by atoms with Gasteiger partial charge in [-0.25, -0.2) is 4.39 Å². The Morgan fingerprint density at radius 2 is 1.71 bits per heavy atom. The number of carbonyl (C=O) groups excluding carboxylic acids is 2. The lowest BCUT2D eigenvalue weighted by Crippen LogP contribution is -2.57. The van der Waals surface area contributed by atoms with Crippen LogP contribution < -0.4 is 5.32 Å². The number of halogens is 2. The van der Waals surface area contributed by atoms with Crippen LogP contribution in [0.1, 0.15) is 36.0 Å². The molecular formula is C24H27ClFN3O2. The second-order valence-electron chi connectivity index (χ2n) is 8.30. The average molecular weight is 444 g/mol. The van der Waals surface area contributed by atoms with Crippen LogP contribution in [0, 0.1) is 11.7 Å². The van der Waals surface area contributed by atoms with Crippen LogP contribution in [0.25, 0.3) is 0 Å². The molecule has 164 valence electrons. The molecule has 1 unspecified atom stereocenters. The second-order valence-corrected chi connectivity index (χ2v) is 8.73. The summed E-state index contributed by atoms with van der Waals surface area (Å²) in [6, 6.07) is 13.0. The van der Waals surface area contributed by atoms with Gasteiger partial charge in [0, 0.05) is 36.9 Å². The first-order valence-corrected chi connectivity index (χ1v) is 11.2. The summed E-state index contributed by atoms with van der Waals surface area (Å²) >= 11 is 6.07. The zero-order chi connectivity index (χ0) is 21.8. The third kappa shape index (κ3) is 5.08. The van der Waals surface area contributed by atoms with Gasteiger partial charge in [-0.2, -0.15) is 0 Å². The van der Waals surface area contributed by atoms with Crippen molar-refractivity contribution in [3.8, 4) is 0 Å². The molecule has 0 aromatic heterocycles. The molecule has 2 aromatic rings. The second kappa shape index (κ2) is 9.79. The normalized spacial score (nSPS) is 18.7. The van der Waals surface area contributed by atoms with Crippen molar-refractivity contribution in [2.24, 2.45) is 5.92 Å². The first-order valence-electron chi connectivity index (χ1n) is 10.9. The number of amides is 2. The maximum Gasteiger partial charge on any atom is 0.256 e. The van der Waals surface area contributed by atoms with E-state index in [2.05, 4.69) is 10.2 Å². The van der Waals surface area contributed by atoms with E-state index >= 15 is 0 Å². The Labute approximate surface area is 187 Å². The van der Waals surface area contributed by atoms with Crippen molar-refractivity contribution >= 4 is 29.1 Å². The number of benzene rings is 2. The molecule has 1 saturated carbocycles. The van der Waals surface area contributed by atoms with E-state index < -0.39 is 5.82 Å². The molecule has 0 bridgehead atoms. The van der Waals surface area contributed by atoms with E-state index in [4.69, 9.17) is 11.6 Å². The summed E-state index contributed by atoms with van der Waals surface area (Å²) in [7, 11) is 0. The number of piperazine rings is 1. The number of nitrogens with zero attached hydrogens (tertiary/aromatic N) is 2. The van der Waals surface area contributed by atoms with Gasteiger partial charge in [-0.1, -0.05) is 42.6 Å². The Hall–Kier alpha value is -2.44. The Morgan fingerprint density at radius 1 is 1.00 bits per heavy atom. The molecule has 4 rings (SSSR count). The Balaban J connectivity index is 1.44. The topological polar surface area (TPSA) is 52.7 Å². The zero-order valence-corrected chi connectivity index (χ0v) is 18.2. The maximum absolute atomic E-state index is 14.0. The van der Waals surface area contributed by atoms with Gasteiger partial charge in [-0.15, -0.1) is 0 Å². The lowest BCUT2D eigenvalue weighted by atomic mass is 9.94. The highest BCUT2D eigenvalue weighted by molar-refractivity contribution is 6.30. The Morgan fingerprint density at radius 3 is 2.39 bits per heavy atom. The summed E-state index contributed by atoms with van der Waals surface area (Å²) in [5.41, 5.74) is 0.788. The molecule has 1 atom stereocenters. The van der Waals surface area contributed by atoms with Gasteiger partial charge in [-0.05, 0) is 49.1 Å². The van der Waals surface area contributed by atoms with Gasteiger partial charge in [0.05, 0.1) is 11.6 Å². The fourth-order valence-electron chi connectivity index (χ4n) is 4.74. The van der Waals surface area contributed by atoms with Crippen LogP contribution in [0.15, 0.2) is 48.5 Å². The molecule has 0 radical (unpaired) electrons. The zero-order valence-electron chi connectivity index (χ0n) is 17.4. The van der Waals surface area contributed by atoms with Gasteiger partial charge >= 0.3 is 0 Å². The summed E-state index contributed by atoms with van der Waals surface area (Å²) in [6.07, 6.45) is 4.33. The summed E-state index contributed by atoms with van der Waals surface area (Å²) in [5, 5.41) is 3.61. The van der Waals surface area contributed by atoms with Crippen LogP contribution in [0.2, 0.25) is 5.02 Å². The van der Waals surface area contributed by atoms with Gasteiger partial charge in [0.2, 0.25) is 5.91 Å². The van der Waals surface area contributed by atoms with Crippen LogP contribution in [-0.4, -0.2) is 53.8 Å². The van der Waals surface area contributed by atoms with Gasteiger partial charge in [-0.3, -0.25) is 14.5 Å². The third-order valence-electron chi connectivity index (χ3n) is 6.31. The molecule has 2 amide bonds. The first-order chi connectivity index (χ1) is 15.0. The quantitative estimate of drug-likeness (QED) is 0.743. The monoisotopic (exact) mass is 443 g/mol. The van der Waals surface area contributed by atoms with E-state index in [1.165, 1.54) is 12.1 Å². The summed E-state index contributed by atoms with van der Waals surface area (Å²) in [5.74, 6) is -0.519. The van der Waals surface area contributed by atoms with E-state index in [0.717, 1.165) is 25.7 Å². The standard InChI is InChI=1S/C24H27ClFN3O2/c25-18-8-5-9-19(16-18)27-23(30)22(17-6-1-2-7-17)28-12-14-29(15-13-28)24(31)20-10-3-4-11-21(20)26/h3-5,8-11,16-17,22H,1-2,6-7,12-15H2,(H,27,30). The van der Waals surface area contributed by atoms with Crippen molar-refractivity contribution in [1.82, 2.24) is 9.80 Å². The van der Waals surface area contributed by atoms with Crippen LogP contribution in [0.5, 0.6) is 0 Å². The van der Waals surface area contributed by atoms with Crippen molar-refractivity contribution in [3.63, 3.8) is 0 Å². The molecule has 31 heavy (non-hydrogen) atoms. The molecule has 1 heterocycles. The van der Waals surface area contributed by atoms with Crippen LogP contribution in [-0.2, 0) is 4.79 Å². The van der Waals surface area contributed by atoms with E-state index in [0.29, 0.717) is 42.8 Å². The summed E-state index contributed by atoms with van der Waals surface area (Å²) in [4.78, 5) is 29.9. The molecule has 2 aliphatic rings. The van der Waals surface area contributed by atoms with Gasteiger partial charge in [0.1, 0.15) is 5.82 Å². The molecule has 1 saturated heterocycles. The first kappa shape index (κ1) is 21.8. The van der Waals surface area contributed by atoms with Gasteiger partial charge in [0.15, 0.2) is 0 Å². The third-order valence-corrected chi connectivity index (χ3v) is 6.54. The van der Waals surface area contributed by atoms with Crippen molar-refractivity contribution in [1.29, 1.82) is 0 Å². The fourth-order valence-corrected chi connectivity index (χ4v) is 4.93. The van der Waals surface area contributed by atoms with Crippen LogP contribution in [0.4, 0.5) is 10.1 Å². The van der Waals surface area contributed by atoms with Crippen molar-refractivity contribution < 1.29 is 14.0 Å². The lowest BCUT2D eigenvalue weighted by Gasteiger charge is -2.40. The molecule has 5 nitrogen and oxygen atoms in total. The molecule has 1 N–H and O–H groups in total. The molecule has 7 heteroatoms. The highest BCUT2D eigenvalue weighted by Crippen LogP contribution is 2.32. The van der Waals surface area contributed by atoms with Crippen molar-refractivity contribution in [2.75, 3.05) is 31.5 Å². The van der Waals surface area contributed by atoms with E-state index in [1.807, 2.05) is 12.1 Å². The van der Waals surface area contributed by atoms with E-state index in [-0.39, 0.29) is 23.4 Å². The minimum absolute atomic E-state index is 0.0250. The molecular weight excluding hydrogens is 417 g/mol.